The van der Waals surface area contributed by atoms with Crippen molar-refractivity contribution in [1.29, 1.82) is 0 Å². The highest BCUT2D eigenvalue weighted by atomic mass is 79.9. The standard InChI is InChI=1S/C16H22BrN3/c1-3-5-6-12(4-2)10-19-14-7-8-18-15-9-13(17)11-20-16(14)15/h7-9,11-12H,3-6,10H2,1-2H3,(H,18,19). The summed E-state index contributed by atoms with van der Waals surface area (Å²) >= 11 is 3.44. The average Bonchev–Trinajstić information content (AvgIpc) is 2.47. The Morgan fingerprint density at radius 2 is 2.15 bits per heavy atom. The molecular weight excluding hydrogens is 314 g/mol. The minimum Gasteiger partial charge on any atom is -0.383 e. The van der Waals surface area contributed by atoms with E-state index in [9.17, 15) is 0 Å². The van der Waals surface area contributed by atoms with Crippen molar-refractivity contribution in [2.24, 2.45) is 5.92 Å². The fourth-order valence-corrected chi connectivity index (χ4v) is 2.67. The van der Waals surface area contributed by atoms with Crippen LogP contribution in [0.4, 0.5) is 5.69 Å². The van der Waals surface area contributed by atoms with E-state index in [4.69, 9.17) is 0 Å². The van der Waals surface area contributed by atoms with Crippen molar-refractivity contribution in [3.8, 4) is 0 Å². The van der Waals surface area contributed by atoms with Crippen LogP contribution in [0, 0.1) is 5.92 Å². The molecule has 0 amide bonds. The zero-order valence-electron chi connectivity index (χ0n) is 12.2. The quantitative estimate of drug-likeness (QED) is 0.771. The molecule has 0 saturated carbocycles. The molecule has 0 aliphatic rings. The second-order valence-corrected chi connectivity index (χ2v) is 6.09. The average molecular weight is 336 g/mol. The molecule has 0 aliphatic carbocycles. The minimum atomic E-state index is 0.730. The molecule has 2 aromatic rings. The summed E-state index contributed by atoms with van der Waals surface area (Å²) in [6, 6.07) is 4.01. The topological polar surface area (TPSA) is 37.8 Å². The summed E-state index contributed by atoms with van der Waals surface area (Å²) in [7, 11) is 0. The Bertz CT molecular complexity index is 556. The Morgan fingerprint density at radius 1 is 1.30 bits per heavy atom. The van der Waals surface area contributed by atoms with E-state index in [0.717, 1.165) is 33.7 Å². The van der Waals surface area contributed by atoms with Gasteiger partial charge >= 0.3 is 0 Å². The molecule has 0 spiro atoms. The number of nitrogens with zero attached hydrogens (tertiary/aromatic N) is 2. The van der Waals surface area contributed by atoms with E-state index in [0.29, 0.717) is 0 Å². The van der Waals surface area contributed by atoms with Gasteiger partial charge in [-0.25, -0.2) is 0 Å². The summed E-state index contributed by atoms with van der Waals surface area (Å²) in [4.78, 5) is 8.84. The lowest BCUT2D eigenvalue weighted by Gasteiger charge is -2.16. The number of unbranched alkanes of at least 4 members (excludes halogenated alkanes) is 1. The van der Waals surface area contributed by atoms with Crippen LogP contribution in [0.25, 0.3) is 11.0 Å². The third-order valence-electron chi connectivity index (χ3n) is 3.67. The Kier molecular flexibility index (Phi) is 5.77. The lowest BCUT2D eigenvalue weighted by molar-refractivity contribution is 0.473. The van der Waals surface area contributed by atoms with Gasteiger partial charge in [-0.2, -0.15) is 0 Å². The van der Waals surface area contributed by atoms with Gasteiger partial charge in [-0.05, 0) is 40.4 Å². The van der Waals surface area contributed by atoms with Gasteiger partial charge in [0.05, 0.1) is 11.2 Å². The number of aromatic nitrogens is 2. The molecule has 2 rings (SSSR count). The second kappa shape index (κ2) is 7.58. The van der Waals surface area contributed by atoms with Crippen molar-refractivity contribution in [1.82, 2.24) is 9.97 Å². The Hall–Kier alpha value is -1.16. The highest BCUT2D eigenvalue weighted by molar-refractivity contribution is 9.10. The molecule has 1 atom stereocenters. The Labute approximate surface area is 129 Å². The normalized spacial score (nSPS) is 12.6. The van der Waals surface area contributed by atoms with Crippen LogP contribution in [-0.2, 0) is 0 Å². The van der Waals surface area contributed by atoms with Crippen LogP contribution in [0.15, 0.2) is 29.0 Å². The van der Waals surface area contributed by atoms with Crippen molar-refractivity contribution in [3.63, 3.8) is 0 Å². The molecule has 0 aromatic carbocycles. The smallest absolute Gasteiger partial charge is 0.112 e. The van der Waals surface area contributed by atoms with Crippen molar-refractivity contribution < 1.29 is 0 Å². The predicted molar refractivity (Wildman–Crippen MR) is 89.0 cm³/mol. The summed E-state index contributed by atoms with van der Waals surface area (Å²) in [5, 5.41) is 3.55. The maximum Gasteiger partial charge on any atom is 0.112 e. The predicted octanol–water partition coefficient (Wildman–Crippen LogP) is 5.02. The number of rotatable bonds is 7. The van der Waals surface area contributed by atoms with Crippen LogP contribution in [0.1, 0.15) is 39.5 Å². The van der Waals surface area contributed by atoms with Crippen molar-refractivity contribution >= 4 is 32.7 Å². The lowest BCUT2D eigenvalue weighted by atomic mass is 9.99. The summed E-state index contributed by atoms with van der Waals surface area (Å²) in [5.74, 6) is 0.730. The van der Waals surface area contributed by atoms with Gasteiger partial charge < -0.3 is 5.32 Å². The van der Waals surface area contributed by atoms with Crippen LogP contribution in [0.2, 0.25) is 0 Å². The molecular formula is C16H22BrN3. The van der Waals surface area contributed by atoms with Crippen molar-refractivity contribution in [3.05, 3.63) is 29.0 Å². The van der Waals surface area contributed by atoms with Gasteiger partial charge in [0, 0.05) is 23.4 Å². The number of pyridine rings is 2. The maximum atomic E-state index is 4.47. The highest BCUT2D eigenvalue weighted by Gasteiger charge is 2.08. The molecule has 0 bridgehead atoms. The van der Waals surface area contributed by atoms with Crippen molar-refractivity contribution in [2.75, 3.05) is 11.9 Å². The van der Waals surface area contributed by atoms with Gasteiger partial charge in [0.25, 0.3) is 0 Å². The van der Waals surface area contributed by atoms with Gasteiger partial charge in [0.2, 0.25) is 0 Å². The van der Waals surface area contributed by atoms with E-state index < -0.39 is 0 Å². The van der Waals surface area contributed by atoms with Crippen molar-refractivity contribution in [2.45, 2.75) is 39.5 Å². The van der Waals surface area contributed by atoms with Gasteiger partial charge in [0.15, 0.2) is 0 Å². The molecule has 0 radical (unpaired) electrons. The number of fused-ring (bicyclic) bond motifs is 1. The molecule has 20 heavy (non-hydrogen) atoms. The summed E-state index contributed by atoms with van der Waals surface area (Å²) < 4.78 is 0.962. The molecule has 1 unspecified atom stereocenters. The highest BCUT2D eigenvalue weighted by Crippen LogP contribution is 2.23. The van der Waals surface area contributed by atoms with E-state index in [1.54, 1.807) is 0 Å². The van der Waals surface area contributed by atoms with Gasteiger partial charge in [-0.1, -0.05) is 33.1 Å². The molecule has 1 N–H and O–H groups in total. The summed E-state index contributed by atoms with van der Waals surface area (Å²) in [6.45, 7) is 5.52. The summed E-state index contributed by atoms with van der Waals surface area (Å²) in [5.41, 5.74) is 2.95. The molecule has 0 saturated heterocycles. The number of halogens is 1. The molecule has 4 heteroatoms. The lowest BCUT2D eigenvalue weighted by Crippen LogP contribution is -2.14. The number of anilines is 1. The molecule has 0 aliphatic heterocycles. The van der Waals surface area contributed by atoms with Crippen LogP contribution in [0.3, 0.4) is 0 Å². The van der Waals surface area contributed by atoms with E-state index in [-0.39, 0.29) is 0 Å². The first-order chi connectivity index (χ1) is 9.74. The van der Waals surface area contributed by atoms with Gasteiger partial charge in [-0.3, -0.25) is 9.97 Å². The van der Waals surface area contributed by atoms with Crippen LogP contribution in [0.5, 0.6) is 0 Å². The van der Waals surface area contributed by atoms with Crippen LogP contribution >= 0.6 is 15.9 Å². The Morgan fingerprint density at radius 3 is 2.90 bits per heavy atom. The van der Waals surface area contributed by atoms with E-state index in [1.165, 1.54) is 25.7 Å². The van der Waals surface area contributed by atoms with E-state index in [2.05, 4.69) is 45.1 Å². The molecule has 108 valence electrons. The molecule has 3 nitrogen and oxygen atoms in total. The first-order valence-electron chi connectivity index (χ1n) is 7.38. The third-order valence-corrected chi connectivity index (χ3v) is 4.10. The van der Waals surface area contributed by atoms with Gasteiger partial charge in [0.1, 0.15) is 5.52 Å². The molecule has 0 fully saturated rings. The first kappa shape index (κ1) is 15.2. The zero-order valence-corrected chi connectivity index (χ0v) is 13.8. The zero-order chi connectivity index (χ0) is 14.4. The molecule has 2 aromatic heterocycles. The number of nitrogens with one attached hydrogen (secondary N) is 1. The van der Waals surface area contributed by atoms with Crippen LogP contribution < -0.4 is 5.32 Å². The Balaban J connectivity index is 2.09. The molecule has 2 heterocycles. The maximum absolute atomic E-state index is 4.47. The number of hydrogen-bond donors (Lipinski definition) is 1. The fraction of sp³-hybridized carbons (Fsp3) is 0.500. The fourth-order valence-electron chi connectivity index (χ4n) is 2.35. The SMILES string of the molecule is CCCCC(CC)CNc1ccnc2cc(Br)cnc12. The first-order valence-corrected chi connectivity index (χ1v) is 8.18. The monoisotopic (exact) mass is 335 g/mol. The largest absolute Gasteiger partial charge is 0.383 e. The summed E-state index contributed by atoms with van der Waals surface area (Å²) in [6.07, 6.45) is 8.75. The van der Waals surface area contributed by atoms with E-state index >= 15 is 0 Å². The minimum absolute atomic E-state index is 0.730. The second-order valence-electron chi connectivity index (χ2n) is 5.18. The third kappa shape index (κ3) is 3.92. The van der Waals surface area contributed by atoms with E-state index in [1.807, 2.05) is 24.5 Å². The number of hydrogen-bond acceptors (Lipinski definition) is 3. The van der Waals surface area contributed by atoms with Crippen LogP contribution in [-0.4, -0.2) is 16.5 Å². The van der Waals surface area contributed by atoms with Gasteiger partial charge in [-0.15, -0.1) is 0 Å².